The molecule has 2 unspecified atom stereocenters. The monoisotopic (exact) mass is 407 g/mol. The maximum Gasteiger partial charge on any atom is 0.253 e. The van der Waals surface area contributed by atoms with E-state index in [2.05, 4.69) is 10.6 Å². The number of nitrogens with one attached hydrogen (secondary N) is 2. The van der Waals surface area contributed by atoms with Crippen LogP contribution in [0.25, 0.3) is 0 Å². The Bertz CT molecular complexity index is 646. The van der Waals surface area contributed by atoms with Crippen molar-refractivity contribution in [1.29, 1.82) is 0 Å². The van der Waals surface area contributed by atoms with Gasteiger partial charge in [-0.1, -0.05) is 6.07 Å². The molecule has 142 valence electrons. The summed E-state index contributed by atoms with van der Waals surface area (Å²) >= 11 is 1.20. The molecule has 2 atom stereocenters. The standard InChI is InChI=1S/C16H25N3O3S2.ClH/c20-16(18-9-7-13-4-1-8-17-12-13)14-5-2-10-19(14)24(21,22)15-6-3-11-23-15;/h3,6,11,13-14,17H,1-2,4-5,7-10,12H2,(H,18,20);1H. The quantitative estimate of drug-likeness (QED) is 0.754. The molecule has 3 rings (SSSR count). The second-order valence-corrected chi connectivity index (χ2v) is 9.56. The largest absolute Gasteiger partial charge is 0.355 e. The van der Waals surface area contributed by atoms with Crippen LogP contribution in [0.2, 0.25) is 0 Å². The highest BCUT2D eigenvalue weighted by atomic mass is 35.5. The van der Waals surface area contributed by atoms with Crippen molar-refractivity contribution in [2.75, 3.05) is 26.2 Å². The lowest BCUT2D eigenvalue weighted by molar-refractivity contribution is -0.124. The van der Waals surface area contributed by atoms with Gasteiger partial charge in [-0.2, -0.15) is 4.31 Å². The molecule has 0 radical (unpaired) electrons. The van der Waals surface area contributed by atoms with Crippen LogP contribution in [0.3, 0.4) is 0 Å². The summed E-state index contributed by atoms with van der Waals surface area (Å²) in [6.07, 6.45) is 4.67. The summed E-state index contributed by atoms with van der Waals surface area (Å²) < 4.78 is 27.0. The van der Waals surface area contributed by atoms with Crippen LogP contribution in [0, 0.1) is 5.92 Å². The first-order chi connectivity index (χ1) is 11.6. The average Bonchev–Trinajstić information content (AvgIpc) is 3.28. The fourth-order valence-electron chi connectivity index (χ4n) is 3.50. The number of piperidine rings is 1. The zero-order chi connectivity index (χ0) is 17.0. The summed E-state index contributed by atoms with van der Waals surface area (Å²) in [5.74, 6) is 0.449. The fraction of sp³-hybridized carbons (Fsp3) is 0.688. The minimum atomic E-state index is -3.55. The fourth-order valence-corrected chi connectivity index (χ4v) is 6.28. The molecule has 0 aliphatic carbocycles. The molecule has 3 heterocycles. The first-order valence-electron chi connectivity index (χ1n) is 8.63. The van der Waals surface area contributed by atoms with Gasteiger partial charge in [0, 0.05) is 13.1 Å². The van der Waals surface area contributed by atoms with Gasteiger partial charge in [-0.15, -0.1) is 23.7 Å². The van der Waals surface area contributed by atoms with Crippen molar-refractivity contribution in [2.45, 2.75) is 42.4 Å². The van der Waals surface area contributed by atoms with E-state index >= 15 is 0 Å². The smallest absolute Gasteiger partial charge is 0.253 e. The Labute approximate surface area is 159 Å². The third kappa shape index (κ3) is 4.95. The van der Waals surface area contributed by atoms with Crippen molar-refractivity contribution < 1.29 is 13.2 Å². The molecule has 0 spiro atoms. The number of amides is 1. The van der Waals surface area contributed by atoms with Gasteiger partial charge in [0.1, 0.15) is 10.3 Å². The molecule has 0 aromatic carbocycles. The lowest BCUT2D eigenvalue weighted by Gasteiger charge is -2.25. The predicted octanol–water partition coefficient (Wildman–Crippen LogP) is 1.83. The van der Waals surface area contributed by atoms with Gasteiger partial charge in [-0.3, -0.25) is 4.79 Å². The summed E-state index contributed by atoms with van der Waals surface area (Å²) in [4.78, 5) is 12.5. The Morgan fingerprint density at radius 2 is 2.20 bits per heavy atom. The molecule has 9 heteroatoms. The summed E-state index contributed by atoms with van der Waals surface area (Å²) in [6, 6.07) is 2.76. The minimum absolute atomic E-state index is 0. The molecule has 1 amide bonds. The lowest BCUT2D eigenvalue weighted by atomic mass is 9.96. The minimum Gasteiger partial charge on any atom is -0.355 e. The molecular weight excluding hydrogens is 382 g/mol. The van der Waals surface area contributed by atoms with Crippen LogP contribution in [0.4, 0.5) is 0 Å². The van der Waals surface area contributed by atoms with Gasteiger partial charge in [0.05, 0.1) is 0 Å². The van der Waals surface area contributed by atoms with E-state index in [9.17, 15) is 13.2 Å². The Hall–Kier alpha value is -0.670. The zero-order valence-electron chi connectivity index (χ0n) is 14.1. The second-order valence-electron chi connectivity index (χ2n) is 6.50. The van der Waals surface area contributed by atoms with Crippen molar-refractivity contribution in [3.05, 3.63) is 17.5 Å². The third-order valence-corrected chi connectivity index (χ3v) is 8.10. The number of nitrogens with zero attached hydrogens (tertiary/aromatic N) is 1. The molecule has 6 nitrogen and oxygen atoms in total. The predicted molar refractivity (Wildman–Crippen MR) is 102 cm³/mol. The SMILES string of the molecule is Cl.O=C(NCCC1CCCNC1)C1CCCN1S(=O)(=O)c1cccs1. The van der Waals surface area contributed by atoms with Gasteiger partial charge in [0.25, 0.3) is 10.0 Å². The maximum atomic E-state index is 12.7. The normalized spacial score (nSPS) is 24.6. The molecule has 0 bridgehead atoms. The Balaban J connectivity index is 0.00000225. The summed E-state index contributed by atoms with van der Waals surface area (Å²) in [5.41, 5.74) is 0. The van der Waals surface area contributed by atoms with Crippen molar-refractivity contribution in [1.82, 2.24) is 14.9 Å². The van der Waals surface area contributed by atoms with Gasteiger partial charge in [-0.05, 0) is 62.6 Å². The summed E-state index contributed by atoms with van der Waals surface area (Å²) in [7, 11) is -3.55. The van der Waals surface area contributed by atoms with Gasteiger partial charge in [0.15, 0.2) is 0 Å². The average molecular weight is 408 g/mol. The highest BCUT2D eigenvalue weighted by Gasteiger charge is 2.39. The van der Waals surface area contributed by atoms with Crippen molar-refractivity contribution in [3.8, 4) is 0 Å². The first kappa shape index (κ1) is 20.6. The molecule has 1 aromatic heterocycles. The van der Waals surface area contributed by atoms with E-state index in [1.54, 1.807) is 17.5 Å². The van der Waals surface area contributed by atoms with Crippen molar-refractivity contribution >= 4 is 39.7 Å². The van der Waals surface area contributed by atoms with Gasteiger partial charge in [-0.25, -0.2) is 8.42 Å². The third-order valence-electron chi connectivity index (χ3n) is 4.82. The molecular formula is C16H26ClN3O3S2. The van der Waals surface area contributed by atoms with Crippen LogP contribution < -0.4 is 10.6 Å². The van der Waals surface area contributed by atoms with Gasteiger partial charge in [0.2, 0.25) is 5.91 Å². The van der Waals surface area contributed by atoms with Crippen LogP contribution in [0.1, 0.15) is 32.1 Å². The second kappa shape index (κ2) is 9.32. The van der Waals surface area contributed by atoms with E-state index < -0.39 is 16.1 Å². The summed E-state index contributed by atoms with van der Waals surface area (Å²) in [6.45, 7) is 3.14. The van der Waals surface area contributed by atoms with Crippen LogP contribution in [0.15, 0.2) is 21.7 Å². The Kier molecular flexibility index (Phi) is 7.69. The Morgan fingerprint density at radius 3 is 2.88 bits per heavy atom. The van der Waals surface area contributed by atoms with Crippen LogP contribution in [-0.4, -0.2) is 50.9 Å². The molecule has 2 N–H and O–H groups in total. The topological polar surface area (TPSA) is 78.5 Å². The van der Waals surface area contributed by atoms with E-state index in [-0.39, 0.29) is 18.3 Å². The molecule has 2 fully saturated rings. The van der Waals surface area contributed by atoms with Crippen molar-refractivity contribution in [3.63, 3.8) is 0 Å². The summed E-state index contributed by atoms with van der Waals surface area (Å²) in [5, 5.41) is 8.07. The molecule has 1 aromatic rings. The van der Waals surface area contributed by atoms with E-state index in [1.807, 2.05) is 0 Å². The Morgan fingerprint density at radius 1 is 1.36 bits per heavy atom. The number of hydrogen-bond donors (Lipinski definition) is 2. The lowest BCUT2D eigenvalue weighted by Crippen LogP contribution is -2.46. The van der Waals surface area contributed by atoms with E-state index in [0.29, 0.717) is 29.6 Å². The highest BCUT2D eigenvalue weighted by molar-refractivity contribution is 7.91. The number of sulfonamides is 1. The molecule has 2 aliphatic rings. The van der Waals surface area contributed by atoms with Crippen LogP contribution >= 0.6 is 23.7 Å². The maximum absolute atomic E-state index is 12.7. The number of halogens is 1. The van der Waals surface area contributed by atoms with E-state index in [4.69, 9.17) is 0 Å². The molecule has 0 saturated carbocycles. The van der Waals surface area contributed by atoms with Crippen LogP contribution in [-0.2, 0) is 14.8 Å². The van der Waals surface area contributed by atoms with E-state index in [0.717, 1.165) is 25.9 Å². The molecule has 2 saturated heterocycles. The number of rotatable bonds is 6. The van der Waals surface area contributed by atoms with Crippen LogP contribution in [0.5, 0.6) is 0 Å². The number of carbonyl (C=O) groups excluding carboxylic acids is 1. The number of thiophene rings is 1. The first-order valence-corrected chi connectivity index (χ1v) is 10.9. The zero-order valence-corrected chi connectivity index (χ0v) is 16.6. The van der Waals surface area contributed by atoms with E-state index in [1.165, 1.54) is 28.5 Å². The molecule has 2 aliphatic heterocycles. The van der Waals surface area contributed by atoms with Gasteiger partial charge < -0.3 is 10.6 Å². The van der Waals surface area contributed by atoms with Crippen molar-refractivity contribution in [2.24, 2.45) is 5.92 Å². The number of carbonyl (C=O) groups is 1. The molecule has 25 heavy (non-hydrogen) atoms. The van der Waals surface area contributed by atoms with Gasteiger partial charge >= 0.3 is 0 Å². The highest BCUT2D eigenvalue weighted by Crippen LogP contribution is 2.28. The number of hydrogen-bond acceptors (Lipinski definition) is 5.